The van der Waals surface area contributed by atoms with Gasteiger partial charge in [0.25, 0.3) is 0 Å². The maximum Gasteiger partial charge on any atom is 0.244 e. The minimum atomic E-state index is -3.84. The number of carbonyl (C=O) groups is 2. The van der Waals surface area contributed by atoms with Crippen LogP contribution >= 0.6 is 39.1 Å². The van der Waals surface area contributed by atoms with Gasteiger partial charge < -0.3 is 10.2 Å². The van der Waals surface area contributed by atoms with Crippen LogP contribution in [0.15, 0.2) is 77.3 Å². The summed E-state index contributed by atoms with van der Waals surface area (Å²) < 4.78 is 27.4. The average molecular weight is 669 g/mol. The van der Waals surface area contributed by atoms with Crippen molar-refractivity contribution in [1.82, 2.24) is 10.2 Å². The molecule has 0 saturated heterocycles. The zero-order chi connectivity index (χ0) is 29.3. The van der Waals surface area contributed by atoms with Gasteiger partial charge in [-0.05, 0) is 53.9 Å². The van der Waals surface area contributed by atoms with E-state index in [0.29, 0.717) is 27.8 Å². The molecule has 3 rings (SSSR count). The summed E-state index contributed by atoms with van der Waals surface area (Å²) in [4.78, 5) is 29.0. The summed E-state index contributed by atoms with van der Waals surface area (Å²) in [6.07, 6.45) is 2.95. The predicted molar refractivity (Wildman–Crippen MR) is 165 cm³/mol. The Balaban J connectivity index is 2.05. The summed E-state index contributed by atoms with van der Waals surface area (Å²) in [7, 11) is -3.84. The molecule has 11 heteroatoms. The molecule has 0 saturated carbocycles. The Kier molecular flexibility index (Phi) is 11.9. The van der Waals surface area contributed by atoms with Crippen molar-refractivity contribution in [3.05, 3.63) is 98.4 Å². The first-order chi connectivity index (χ1) is 19.0. The van der Waals surface area contributed by atoms with Crippen LogP contribution in [0.1, 0.15) is 30.9 Å². The number of hydrogen-bond donors (Lipinski definition) is 1. The summed E-state index contributed by atoms with van der Waals surface area (Å²) in [6.45, 7) is 1.96. The second-order valence-electron chi connectivity index (χ2n) is 9.35. The van der Waals surface area contributed by atoms with Gasteiger partial charge >= 0.3 is 0 Å². The third-order valence-corrected chi connectivity index (χ3v) is 8.51. The van der Waals surface area contributed by atoms with Gasteiger partial charge in [0.15, 0.2) is 0 Å². The van der Waals surface area contributed by atoms with Crippen molar-refractivity contribution in [1.29, 1.82) is 0 Å². The smallest absolute Gasteiger partial charge is 0.244 e. The van der Waals surface area contributed by atoms with Gasteiger partial charge in [0, 0.05) is 34.0 Å². The van der Waals surface area contributed by atoms with Crippen molar-refractivity contribution in [2.45, 2.75) is 38.8 Å². The van der Waals surface area contributed by atoms with Crippen LogP contribution in [0.2, 0.25) is 10.0 Å². The maximum atomic E-state index is 14.1. The van der Waals surface area contributed by atoms with Gasteiger partial charge in [0.1, 0.15) is 12.6 Å². The normalized spacial score (nSPS) is 12.0. The summed E-state index contributed by atoms with van der Waals surface area (Å²) in [5.74, 6) is -0.879. The van der Waals surface area contributed by atoms with Gasteiger partial charge in [-0.15, -0.1) is 0 Å². The molecule has 3 aromatic rings. The second kappa shape index (κ2) is 14.9. The molecular formula is C29H32BrCl2N3O4S. The summed E-state index contributed by atoms with van der Waals surface area (Å²) in [5.41, 5.74) is 1.76. The first-order valence-electron chi connectivity index (χ1n) is 12.8. The van der Waals surface area contributed by atoms with Gasteiger partial charge in [-0.1, -0.05) is 88.9 Å². The van der Waals surface area contributed by atoms with Crippen LogP contribution in [0.3, 0.4) is 0 Å². The molecular weight excluding hydrogens is 637 g/mol. The highest BCUT2D eigenvalue weighted by Crippen LogP contribution is 2.26. The molecule has 214 valence electrons. The van der Waals surface area contributed by atoms with Gasteiger partial charge in [-0.25, -0.2) is 8.42 Å². The molecule has 0 aliphatic heterocycles. The van der Waals surface area contributed by atoms with E-state index in [0.717, 1.165) is 33.4 Å². The van der Waals surface area contributed by atoms with Gasteiger partial charge in [0.2, 0.25) is 21.8 Å². The Morgan fingerprint density at radius 3 is 2.27 bits per heavy atom. The molecule has 0 heterocycles. The van der Waals surface area contributed by atoms with Crippen LogP contribution in [0.5, 0.6) is 0 Å². The Hall–Kier alpha value is -2.59. The van der Waals surface area contributed by atoms with Crippen molar-refractivity contribution in [3.8, 4) is 0 Å². The molecule has 0 bridgehead atoms. The topological polar surface area (TPSA) is 86.8 Å². The molecule has 7 nitrogen and oxygen atoms in total. The molecule has 0 aliphatic rings. The lowest BCUT2D eigenvalue weighted by molar-refractivity contribution is -0.140. The van der Waals surface area contributed by atoms with E-state index >= 15 is 0 Å². The van der Waals surface area contributed by atoms with E-state index in [1.165, 1.54) is 4.90 Å². The van der Waals surface area contributed by atoms with Crippen molar-refractivity contribution in [2.24, 2.45) is 0 Å². The second-order valence-corrected chi connectivity index (χ2v) is 13.0. The van der Waals surface area contributed by atoms with Gasteiger partial charge in [-0.2, -0.15) is 0 Å². The summed E-state index contributed by atoms with van der Waals surface area (Å²) in [5, 5.41) is 3.72. The lowest BCUT2D eigenvalue weighted by atomic mass is 10.0. The number of anilines is 1. The SMILES string of the molecule is CCCCNC(=O)[C@H](Cc1ccccc1)N(Cc1ccc(Cl)cc1Cl)C(=O)CN(c1ccc(Br)cc1)S(C)(=O)=O. The van der Waals surface area contributed by atoms with E-state index < -0.39 is 28.5 Å². The monoisotopic (exact) mass is 667 g/mol. The predicted octanol–water partition coefficient (Wildman–Crippen LogP) is 6.08. The molecule has 0 aliphatic carbocycles. The Labute approximate surface area is 254 Å². The molecule has 2 amide bonds. The largest absolute Gasteiger partial charge is 0.354 e. The third kappa shape index (κ3) is 9.23. The molecule has 1 N–H and O–H groups in total. The minimum Gasteiger partial charge on any atom is -0.354 e. The van der Waals surface area contributed by atoms with Crippen LogP contribution in [0.25, 0.3) is 0 Å². The zero-order valence-corrected chi connectivity index (χ0v) is 26.2. The van der Waals surface area contributed by atoms with E-state index in [9.17, 15) is 18.0 Å². The van der Waals surface area contributed by atoms with E-state index in [1.54, 1.807) is 42.5 Å². The van der Waals surface area contributed by atoms with E-state index in [4.69, 9.17) is 23.2 Å². The van der Waals surface area contributed by atoms with Crippen LogP contribution in [0, 0.1) is 0 Å². The summed E-state index contributed by atoms with van der Waals surface area (Å²) in [6, 6.07) is 20.0. The van der Waals surface area contributed by atoms with Crippen molar-refractivity contribution in [3.63, 3.8) is 0 Å². The Morgan fingerprint density at radius 1 is 1.00 bits per heavy atom. The summed E-state index contributed by atoms with van der Waals surface area (Å²) >= 11 is 15.9. The molecule has 1 atom stereocenters. The number of halogens is 3. The number of nitrogens with zero attached hydrogens (tertiary/aromatic N) is 2. The third-order valence-electron chi connectivity index (χ3n) is 6.25. The lowest BCUT2D eigenvalue weighted by Gasteiger charge is -2.33. The Morgan fingerprint density at radius 2 is 1.68 bits per heavy atom. The molecule has 0 fully saturated rings. The van der Waals surface area contributed by atoms with E-state index in [-0.39, 0.29) is 18.9 Å². The van der Waals surface area contributed by atoms with Gasteiger partial charge in [-0.3, -0.25) is 13.9 Å². The maximum absolute atomic E-state index is 14.1. The number of hydrogen-bond acceptors (Lipinski definition) is 4. The van der Waals surface area contributed by atoms with Gasteiger partial charge in [0.05, 0.1) is 11.9 Å². The fraction of sp³-hybridized carbons (Fsp3) is 0.310. The molecule has 0 unspecified atom stereocenters. The Bertz CT molecular complexity index is 1410. The highest BCUT2D eigenvalue weighted by molar-refractivity contribution is 9.10. The van der Waals surface area contributed by atoms with E-state index in [1.807, 2.05) is 37.3 Å². The number of rotatable bonds is 13. The highest BCUT2D eigenvalue weighted by Gasteiger charge is 2.33. The van der Waals surface area contributed by atoms with Crippen LogP contribution in [0.4, 0.5) is 5.69 Å². The average Bonchev–Trinajstić information content (AvgIpc) is 2.91. The first kappa shape index (κ1) is 31.9. The number of carbonyl (C=O) groups excluding carboxylic acids is 2. The molecule has 0 aromatic heterocycles. The highest BCUT2D eigenvalue weighted by atomic mass is 79.9. The lowest BCUT2D eigenvalue weighted by Crippen LogP contribution is -2.53. The molecule has 40 heavy (non-hydrogen) atoms. The zero-order valence-electron chi connectivity index (χ0n) is 22.3. The first-order valence-corrected chi connectivity index (χ1v) is 16.2. The number of nitrogens with one attached hydrogen (secondary N) is 1. The van der Waals surface area contributed by atoms with Crippen molar-refractivity contribution < 1.29 is 18.0 Å². The van der Waals surface area contributed by atoms with Crippen LogP contribution < -0.4 is 9.62 Å². The minimum absolute atomic E-state index is 0.0223. The number of unbranched alkanes of at least 4 members (excludes halogenated alkanes) is 1. The molecule has 0 spiro atoms. The number of sulfonamides is 1. The molecule has 0 radical (unpaired) electrons. The molecule has 3 aromatic carbocycles. The quantitative estimate of drug-likeness (QED) is 0.224. The van der Waals surface area contributed by atoms with Crippen LogP contribution in [-0.4, -0.2) is 50.5 Å². The number of benzene rings is 3. The fourth-order valence-electron chi connectivity index (χ4n) is 4.11. The van der Waals surface area contributed by atoms with Crippen LogP contribution in [-0.2, 0) is 32.6 Å². The van der Waals surface area contributed by atoms with Crippen molar-refractivity contribution >= 4 is 66.7 Å². The van der Waals surface area contributed by atoms with E-state index in [2.05, 4.69) is 21.2 Å². The number of amides is 2. The van der Waals surface area contributed by atoms with Crippen molar-refractivity contribution in [2.75, 3.05) is 23.7 Å². The fourth-order valence-corrected chi connectivity index (χ4v) is 5.70. The standard InChI is InChI=1S/C29H32BrCl2N3O4S/c1-3-4-16-33-29(37)27(17-21-8-6-5-7-9-21)34(19-22-10-13-24(31)18-26(22)32)28(36)20-35(40(2,38)39)25-14-11-23(30)12-15-25/h5-15,18,27H,3-4,16-17,19-20H2,1-2H3,(H,33,37)/t27-/m0/s1.